The number of nitrogens with zero attached hydrogens (tertiary/aromatic N) is 5. The van der Waals surface area contributed by atoms with Gasteiger partial charge in [0.1, 0.15) is 23.5 Å². The molecule has 4 aromatic rings. The Balaban J connectivity index is 1.34. The maximum Gasteiger partial charge on any atom is 0.263 e. The summed E-state index contributed by atoms with van der Waals surface area (Å²) in [6.45, 7) is 3.10. The van der Waals surface area contributed by atoms with Gasteiger partial charge < -0.3 is 24.5 Å². The summed E-state index contributed by atoms with van der Waals surface area (Å²) in [7, 11) is 3.46. The number of hydrogen-bond donors (Lipinski definition) is 2. The van der Waals surface area contributed by atoms with E-state index in [-0.39, 0.29) is 35.0 Å². The minimum Gasteiger partial charge on any atom is -0.380 e. The molecule has 1 aromatic carbocycles. The van der Waals surface area contributed by atoms with Crippen molar-refractivity contribution in [1.29, 1.82) is 0 Å². The van der Waals surface area contributed by atoms with Gasteiger partial charge in [-0.25, -0.2) is 9.37 Å². The Kier molecular flexibility index (Phi) is 7.70. The summed E-state index contributed by atoms with van der Waals surface area (Å²) >= 11 is 0. The van der Waals surface area contributed by atoms with E-state index >= 15 is 0 Å². The summed E-state index contributed by atoms with van der Waals surface area (Å²) in [5, 5.41) is 14.4. The lowest BCUT2D eigenvalue weighted by molar-refractivity contribution is 0.102. The number of aryl methyl sites for hydroxylation is 1. The molecule has 0 unspecified atom stereocenters. The first kappa shape index (κ1) is 27.9. The summed E-state index contributed by atoms with van der Waals surface area (Å²) in [4.78, 5) is 31.7. The van der Waals surface area contributed by atoms with E-state index in [9.17, 15) is 14.0 Å². The third kappa shape index (κ3) is 6.02. The highest BCUT2D eigenvalue weighted by Crippen LogP contribution is 2.42. The number of methoxy groups -OCH3 is 1. The van der Waals surface area contributed by atoms with E-state index in [1.807, 2.05) is 19.2 Å². The van der Waals surface area contributed by atoms with Crippen LogP contribution < -0.4 is 16.2 Å². The van der Waals surface area contributed by atoms with Crippen molar-refractivity contribution in [2.75, 3.05) is 19.0 Å². The molecule has 2 fully saturated rings. The molecule has 2 N–H and O–H groups in total. The molecule has 6 rings (SSSR count). The molecule has 0 bridgehead atoms. The number of rotatable bonds is 11. The Bertz CT molecular complexity index is 1690. The monoisotopic (exact) mass is 571 g/mol. The molecule has 3 aromatic heterocycles. The summed E-state index contributed by atoms with van der Waals surface area (Å²) in [5.74, 6) is 0.240. The number of carbonyl (C=O) groups excluding carboxylic acids is 1. The second-order valence-electron chi connectivity index (χ2n) is 11.2. The molecule has 2 aliphatic rings. The molecule has 218 valence electrons. The first-order chi connectivity index (χ1) is 20.3. The number of nitrogens with one attached hydrogen (secondary N) is 2. The fourth-order valence-corrected chi connectivity index (χ4v) is 5.07. The lowest BCUT2D eigenvalue weighted by Gasteiger charge is -2.15. The van der Waals surface area contributed by atoms with Crippen LogP contribution in [0, 0.1) is 5.82 Å². The van der Waals surface area contributed by atoms with Crippen LogP contribution in [0.5, 0.6) is 0 Å². The Morgan fingerprint density at radius 2 is 1.95 bits per heavy atom. The predicted molar refractivity (Wildman–Crippen MR) is 157 cm³/mol. The standard InChI is InChI=1S/C31H34FN7O3/c1-18(42-3)14-33-15-19-10-26(31(41)39(16-19)23-7-8-23)30(40)36-28-12-21(11-27(35-28)20-4-5-20)24-9-6-22(32)13-25(24)29-37-34-17-38(29)2/h6,9-13,16-18,20,23,33H,4-5,7-8,14-15H2,1-3H3,(H,35,36,40)/t18-/m0/s1. The first-order valence-electron chi connectivity index (χ1n) is 14.3. The molecule has 0 radical (unpaired) electrons. The van der Waals surface area contributed by atoms with E-state index in [4.69, 9.17) is 9.72 Å². The molecule has 1 amide bonds. The van der Waals surface area contributed by atoms with Crippen molar-refractivity contribution in [3.8, 4) is 22.5 Å². The zero-order chi connectivity index (χ0) is 29.4. The maximum absolute atomic E-state index is 14.4. The molecule has 42 heavy (non-hydrogen) atoms. The van der Waals surface area contributed by atoms with E-state index in [1.54, 1.807) is 47.8 Å². The maximum atomic E-state index is 14.4. The Hall–Kier alpha value is -4.22. The molecule has 0 saturated heterocycles. The van der Waals surface area contributed by atoms with Gasteiger partial charge in [0.05, 0.1) is 6.10 Å². The van der Waals surface area contributed by atoms with Crippen LogP contribution >= 0.6 is 0 Å². The zero-order valence-corrected chi connectivity index (χ0v) is 23.9. The van der Waals surface area contributed by atoms with Crippen LogP contribution in [0.2, 0.25) is 0 Å². The van der Waals surface area contributed by atoms with Crippen molar-refractivity contribution in [2.24, 2.45) is 7.05 Å². The van der Waals surface area contributed by atoms with Crippen LogP contribution in [0.15, 0.2) is 53.7 Å². The number of benzene rings is 1. The zero-order valence-electron chi connectivity index (χ0n) is 23.9. The minimum atomic E-state index is -0.513. The van der Waals surface area contributed by atoms with Gasteiger partial charge in [0.2, 0.25) is 0 Å². The first-order valence-corrected chi connectivity index (χ1v) is 14.3. The highest BCUT2D eigenvalue weighted by atomic mass is 19.1. The van der Waals surface area contributed by atoms with Gasteiger partial charge in [0, 0.05) is 56.7 Å². The topological polar surface area (TPSA) is 116 Å². The molecule has 2 aliphatic carbocycles. The lowest BCUT2D eigenvalue weighted by atomic mass is 9.98. The second kappa shape index (κ2) is 11.6. The number of hydrogen-bond acceptors (Lipinski definition) is 7. The normalized spacial score (nSPS) is 15.5. The number of amides is 1. The summed E-state index contributed by atoms with van der Waals surface area (Å²) in [6, 6.07) is 10.0. The molecule has 3 heterocycles. The van der Waals surface area contributed by atoms with Crippen LogP contribution in [0.3, 0.4) is 0 Å². The Morgan fingerprint density at radius 3 is 2.64 bits per heavy atom. The average Bonchev–Trinajstić information content (AvgIpc) is 3.91. The number of carbonyl (C=O) groups is 1. The molecule has 11 heteroatoms. The van der Waals surface area contributed by atoms with Crippen LogP contribution in [0.4, 0.5) is 10.2 Å². The third-order valence-electron chi connectivity index (χ3n) is 7.78. The van der Waals surface area contributed by atoms with Crippen molar-refractivity contribution >= 4 is 11.7 Å². The molecule has 2 saturated carbocycles. The lowest BCUT2D eigenvalue weighted by Crippen LogP contribution is -2.31. The molecule has 0 aliphatic heterocycles. The molecule has 1 atom stereocenters. The Morgan fingerprint density at radius 1 is 1.14 bits per heavy atom. The Labute approximate surface area is 243 Å². The highest BCUT2D eigenvalue weighted by Gasteiger charge is 2.29. The van der Waals surface area contributed by atoms with Crippen LogP contribution in [-0.2, 0) is 18.3 Å². The summed E-state index contributed by atoms with van der Waals surface area (Å²) in [5.41, 5.74) is 3.53. The smallest absolute Gasteiger partial charge is 0.263 e. The summed E-state index contributed by atoms with van der Waals surface area (Å²) < 4.78 is 23.1. The quantitative estimate of drug-likeness (QED) is 0.274. The van der Waals surface area contributed by atoms with E-state index < -0.39 is 5.91 Å². The largest absolute Gasteiger partial charge is 0.380 e. The van der Waals surface area contributed by atoms with Gasteiger partial charge in [-0.2, -0.15) is 0 Å². The van der Waals surface area contributed by atoms with Gasteiger partial charge in [0.15, 0.2) is 5.82 Å². The van der Waals surface area contributed by atoms with E-state index in [0.29, 0.717) is 30.3 Å². The fourth-order valence-electron chi connectivity index (χ4n) is 5.07. The van der Waals surface area contributed by atoms with Crippen molar-refractivity contribution < 1.29 is 13.9 Å². The van der Waals surface area contributed by atoms with Gasteiger partial charge in [-0.05, 0) is 79.6 Å². The van der Waals surface area contributed by atoms with Crippen molar-refractivity contribution in [1.82, 2.24) is 29.6 Å². The van der Waals surface area contributed by atoms with E-state index in [2.05, 4.69) is 20.8 Å². The fraction of sp³-hybridized carbons (Fsp3) is 0.387. The van der Waals surface area contributed by atoms with Gasteiger partial charge in [0.25, 0.3) is 11.5 Å². The molecule has 0 spiro atoms. The molecule has 10 nitrogen and oxygen atoms in total. The number of ether oxygens (including phenoxy) is 1. The minimum absolute atomic E-state index is 0.0383. The number of halogens is 1. The SMILES string of the molecule is CO[C@@H](C)CNCc1cc(C(=O)Nc2cc(-c3ccc(F)cc3-c3nncn3C)cc(C3CC3)n2)c(=O)n(C2CC2)c1. The predicted octanol–water partition coefficient (Wildman–Crippen LogP) is 4.43. The average molecular weight is 572 g/mol. The van der Waals surface area contributed by atoms with Gasteiger partial charge in [-0.15, -0.1) is 10.2 Å². The van der Waals surface area contributed by atoms with Crippen LogP contribution in [0.1, 0.15) is 66.2 Å². The van der Waals surface area contributed by atoms with Gasteiger partial charge in [-0.1, -0.05) is 6.07 Å². The highest BCUT2D eigenvalue weighted by molar-refractivity contribution is 6.04. The van der Waals surface area contributed by atoms with Crippen molar-refractivity contribution in [2.45, 2.75) is 57.2 Å². The van der Waals surface area contributed by atoms with Crippen molar-refractivity contribution in [3.05, 3.63) is 81.9 Å². The number of pyridine rings is 2. The second-order valence-corrected chi connectivity index (χ2v) is 11.2. The van der Waals surface area contributed by atoms with Crippen LogP contribution in [-0.4, -0.2) is 50.0 Å². The van der Waals surface area contributed by atoms with E-state index in [0.717, 1.165) is 48.1 Å². The van der Waals surface area contributed by atoms with E-state index in [1.165, 1.54) is 12.1 Å². The van der Waals surface area contributed by atoms with Crippen LogP contribution in [0.25, 0.3) is 22.5 Å². The molecular formula is C31H34FN7O3. The molecular weight excluding hydrogens is 537 g/mol. The van der Waals surface area contributed by atoms with Crippen molar-refractivity contribution in [3.63, 3.8) is 0 Å². The van der Waals surface area contributed by atoms with Gasteiger partial charge in [-0.3, -0.25) is 9.59 Å². The summed E-state index contributed by atoms with van der Waals surface area (Å²) in [6.07, 6.45) is 7.29. The third-order valence-corrected chi connectivity index (χ3v) is 7.78. The number of aromatic nitrogens is 5. The van der Waals surface area contributed by atoms with Gasteiger partial charge >= 0.3 is 0 Å². The number of anilines is 1.